The fraction of sp³-hybridized carbons (Fsp3) is 0.944. The normalized spacial score (nSPS) is 26.4. The van der Waals surface area contributed by atoms with Gasteiger partial charge in [-0.1, -0.05) is 219 Å². The molecule has 0 aromatic heterocycles. The van der Waals surface area contributed by atoms with Gasteiger partial charge in [0.25, 0.3) is 0 Å². The van der Waals surface area contributed by atoms with Gasteiger partial charge in [0, 0.05) is 6.42 Å². The molecule has 14 heteroatoms. The van der Waals surface area contributed by atoms with Gasteiger partial charge in [0.2, 0.25) is 5.91 Å². The van der Waals surface area contributed by atoms with Crippen LogP contribution in [0.2, 0.25) is 0 Å². The second-order valence-corrected chi connectivity index (χ2v) is 20.1. The van der Waals surface area contributed by atoms with Gasteiger partial charge in [-0.25, -0.2) is 0 Å². The molecule has 402 valence electrons. The van der Waals surface area contributed by atoms with Crippen molar-refractivity contribution < 1.29 is 64.6 Å². The number of aliphatic hydroxyl groups excluding tert-OH is 8. The van der Waals surface area contributed by atoms with Gasteiger partial charge in [-0.3, -0.25) is 4.79 Å². The number of amides is 1. The van der Waals surface area contributed by atoms with E-state index in [0.29, 0.717) is 6.42 Å². The molecule has 0 aliphatic carbocycles. The van der Waals surface area contributed by atoms with Crippen molar-refractivity contribution in [3.63, 3.8) is 0 Å². The van der Waals surface area contributed by atoms with E-state index in [1.54, 1.807) is 6.08 Å². The number of carbonyl (C=O) groups excluding carboxylic acids is 1. The predicted octanol–water partition coefficient (Wildman–Crippen LogP) is 8.33. The van der Waals surface area contributed by atoms with E-state index in [2.05, 4.69) is 19.2 Å². The van der Waals surface area contributed by atoms with Gasteiger partial charge >= 0.3 is 0 Å². The van der Waals surface area contributed by atoms with Crippen molar-refractivity contribution in [2.24, 2.45) is 0 Å². The van der Waals surface area contributed by atoms with E-state index in [4.69, 9.17) is 18.9 Å². The number of carbonyl (C=O) groups is 1. The molecule has 2 saturated heterocycles. The molecule has 2 rings (SSSR count). The third-order valence-electron chi connectivity index (χ3n) is 14.0. The van der Waals surface area contributed by atoms with E-state index < -0.39 is 86.8 Å². The number of aliphatic hydroxyl groups is 8. The van der Waals surface area contributed by atoms with E-state index in [9.17, 15) is 45.6 Å². The minimum atomic E-state index is -1.78. The van der Waals surface area contributed by atoms with Crippen LogP contribution >= 0.6 is 0 Å². The lowest BCUT2D eigenvalue weighted by atomic mass is 9.97. The van der Waals surface area contributed by atoms with Gasteiger partial charge in [-0.15, -0.1) is 0 Å². The second-order valence-electron chi connectivity index (χ2n) is 20.1. The summed E-state index contributed by atoms with van der Waals surface area (Å²) < 4.78 is 22.7. The van der Waals surface area contributed by atoms with E-state index in [1.807, 2.05) is 6.08 Å². The average molecular weight is 974 g/mol. The second kappa shape index (κ2) is 41.2. The van der Waals surface area contributed by atoms with Crippen LogP contribution in [-0.4, -0.2) is 140 Å². The first kappa shape index (κ1) is 62.8. The molecule has 9 N–H and O–H groups in total. The minimum absolute atomic E-state index is 0.236. The summed E-state index contributed by atoms with van der Waals surface area (Å²) in [6.07, 6.45) is 28.2. The highest BCUT2D eigenvalue weighted by atomic mass is 16.7. The number of hydrogen-bond donors (Lipinski definition) is 9. The van der Waals surface area contributed by atoms with Crippen molar-refractivity contribution in [2.75, 3.05) is 19.8 Å². The summed E-state index contributed by atoms with van der Waals surface area (Å²) >= 11 is 0. The van der Waals surface area contributed by atoms with Gasteiger partial charge in [0.05, 0.1) is 32.0 Å². The summed E-state index contributed by atoms with van der Waals surface area (Å²) in [6, 6.07) is -0.908. The summed E-state index contributed by atoms with van der Waals surface area (Å²) in [5.41, 5.74) is 0. The maximum absolute atomic E-state index is 13.2. The summed E-state index contributed by atoms with van der Waals surface area (Å²) in [5, 5.41) is 86.9. The first-order valence-corrected chi connectivity index (χ1v) is 27.9. The highest BCUT2D eigenvalue weighted by molar-refractivity contribution is 5.76. The lowest BCUT2D eigenvalue weighted by Crippen LogP contribution is -2.65. The SMILES string of the molecule is CCCCCCCCCCCCCC=CC(O)C(CO[C@@H]1O[C@H](CO)[C@H](O[C@H]2O[C@H](CO)[C@H](O)[C@H](O)[C@H]2O)[C@H](O)[C@H]1O)NC(=O)CCCCCCCCCCCCCCCCCCCCCCC. The molecule has 2 fully saturated rings. The Hall–Kier alpha value is -1.27. The van der Waals surface area contributed by atoms with Crippen molar-refractivity contribution in [1.29, 1.82) is 0 Å². The molecule has 2 heterocycles. The van der Waals surface area contributed by atoms with E-state index in [1.165, 1.54) is 167 Å². The zero-order chi connectivity index (χ0) is 49.6. The van der Waals surface area contributed by atoms with Crippen LogP contribution < -0.4 is 5.32 Å². The number of unbranched alkanes of at least 4 members (excludes halogenated alkanes) is 31. The van der Waals surface area contributed by atoms with Crippen LogP contribution in [0.25, 0.3) is 0 Å². The Balaban J connectivity index is 1.77. The highest BCUT2D eigenvalue weighted by Gasteiger charge is 2.51. The average Bonchev–Trinajstić information content (AvgIpc) is 3.34. The van der Waals surface area contributed by atoms with Crippen LogP contribution in [0.15, 0.2) is 12.2 Å². The summed E-state index contributed by atoms with van der Waals surface area (Å²) in [6.45, 7) is 2.81. The molecule has 2 aliphatic rings. The van der Waals surface area contributed by atoms with E-state index >= 15 is 0 Å². The molecule has 12 atom stereocenters. The monoisotopic (exact) mass is 974 g/mol. The minimum Gasteiger partial charge on any atom is -0.394 e. The van der Waals surface area contributed by atoms with Gasteiger partial charge in [0.15, 0.2) is 12.6 Å². The summed E-state index contributed by atoms with van der Waals surface area (Å²) in [4.78, 5) is 13.2. The molecule has 0 bridgehead atoms. The van der Waals surface area contributed by atoms with Gasteiger partial charge in [-0.2, -0.15) is 0 Å². The first-order chi connectivity index (χ1) is 33.1. The molecule has 68 heavy (non-hydrogen) atoms. The fourth-order valence-electron chi connectivity index (χ4n) is 9.41. The number of allylic oxidation sites excluding steroid dienone is 1. The molecular formula is C54H103NO13. The quantitative estimate of drug-likeness (QED) is 0.0207. The standard InChI is InChI=1S/C54H103NO13/c1-3-5-7-9-11-13-15-17-18-19-20-21-22-23-24-26-28-30-32-34-36-38-46(59)55-42(43(58)37-35-33-31-29-27-25-16-14-12-10-8-6-4-2)41-65-53-51(64)49(62)52(45(40-57)67-53)68-54-50(63)48(61)47(60)44(39-56)66-54/h35,37,42-45,47-54,56-58,60-64H,3-34,36,38-41H2,1-2H3,(H,55,59)/t42?,43?,44-,45-,47+,48+,49-,50-,51-,52+,53-,54-/m1/s1. The van der Waals surface area contributed by atoms with Crippen LogP contribution in [0.1, 0.15) is 232 Å². The van der Waals surface area contributed by atoms with Crippen molar-refractivity contribution in [3.8, 4) is 0 Å². The van der Waals surface area contributed by atoms with Gasteiger partial charge in [0.1, 0.15) is 48.8 Å². The molecule has 1 amide bonds. The lowest BCUT2D eigenvalue weighted by molar-refractivity contribution is -0.359. The van der Waals surface area contributed by atoms with E-state index in [-0.39, 0.29) is 18.9 Å². The summed E-state index contributed by atoms with van der Waals surface area (Å²) in [7, 11) is 0. The van der Waals surface area contributed by atoms with Crippen LogP contribution in [0.5, 0.6) is 0 Å². The van der Waals surface area contributed by atoms with Crippen molar-refractivity contribution in [1.82, 2.24) is 5.32 Å². The van der Waals surface area contributed by atoms with Crippen LogP contribution in [-0.2, 0) is 23.7 Å². The molecule has 0 spiro atoms. The zero-order valence-corrected chi connectivity index (χ0v) is 42.9. The van der Waals surface area contributed by atoms with Crippen molar-refractivity contribution >= 4 is 5.91 Å². The maximum Gasteiger partial charge on any atom is 0.220 e. The first-order valence-electron chi connectivity index (χ1n) is 27.9. The number of hydrogen-bond acceptors (Lipinski definition) is 13. The molecule has 2 aliphatic heterocycles. The topological polar surface area (TPSA) is 228 Å². The van der Waals surface area contributed by atoms with Crippen LogP contribution in [0, 0.1) is 0 Å². The highest BCUT2D eigenvalue weighted by Crippen LogP contribution is 2.30. The van der Waals surface area contributed by atoms with E-state index in [0.717, 1.165) is 38.5 Å². The predicted molar refractivity (Wildman–Crippen MR) is 268 cm³/mol. The maximum atomic E-state index is 13.2. The van der Waals surface area contributed by atoms with Gasteiger partial charge < -0.3 is 65.1 Å². The Morgan fingerprint density at radius 3 is 1.35 bits per heavy atom. The third-order valence-corrected chi connectivity index (χ3v) is 14.0. The number of rotatable bonds is 44. The third kappa shape index (κ3) is 27.5. The Labute approximate surface area is 412 Å². The lowest BCUT2D eigenvalue weighted by Gasteiger charge is -2.46. The number of nitrogens with one attached hydrogen (secondary N) is 1. The van der Waals surface area contributed by atoms with Gasteiger partial charge in [-0.05, 0) is 19.3 Å². The molecule has 0 radical (unpaired) electrons. The molecular weight excluding hydrogens is 871 g/mol. The molecule has 0 aromatic rings. The Kier molecular flexibility index (Phi) is 38.1. The van der Waals surface area contributed by atoms with Crippen LogP contribution in [0.4, 0.5) is 0 Å². The van der Waals surface area contributed by atoms with Crippen molar-refractivity contribution in [3.05, 3.63) is 12.2 Å². The smallest absolute Gasteiger partial charge is 0.220 e. The zero-order valence-electron chi connectivity index (χ0n) is 42.9. The number of ether oxygens (including phenoxy) is 4. The Morgan fingerprint density at radius 1 is 0.515 bits per heavy atom. The Bertz CT molecular complexity index is 1200. The Morgan fingerprint density at radius 2 is 0.912 bits per heavy atom. The fourth-order valence-corrected chi connectivity index (χ4v) is 9.41. The molecule has 2 unspecified atom stereocenters. The molecule has 0 saturated carbocycles. The molecule has 14 nitrogen and oxygen atoms in total. The van der Waals surface area contributed by atoms with Crippen LogP contribution in [0.3, 0.4) is 0 Å². The summed E-state index contributed by atoms with van der Waals surface area (Å²) in [5.74, 6) is -0.236. The van der Waals surface area contributed by atoms with Crippen molar-refractivity contribution in [2.45, 2.75) is 306 Å². The largest absolute Gasteiger partial charge is 0.394 e. The molecule has 0 aromatic carbocycles.